The third-order valence-corrected chi connectivity index (χ3v) is 6.79. The average molecular weight is 604 g/mol. The number of amides is 4. The second-order valence-corrected chi connectivity index (χ2v) is 10.9. The molecule has 11 nitrogen and oxygen atoms in total. The molecular weight excluding hydrogens is 562 g/mol. The summed E-state index contributed by atoms with van der Waals surface area (Å²) < 4.78 is 5.96. The van der Waals surface area contributed by atoms with E-state index in [1.807, 2.05) is 43.3 Å². The fourth-order valence-corrected chi connectivity index (χ4v) is 4.29. The van der Waals surface area contributed by atoms with E-state index in [-0.39, 0.29) is 31.4 Å². The van der Waals surface area contributed by atoms with Crippen molar-refractivity contribution in [2.45, 2.75) is 26.7 Å². The van der Waals surface area contributed by atoms with Gasteiger partial charge < -0.3 is 35.2 Å². The van der Waals surface area contributed by atoms with Gasteiger partial charge in [0, 0.05) is 44.7 Å². The normalized spacial score (nSPS) is 10.6. The molecule has 0 spiro atoms. The van der Waals surface area contributed by atoms with Gasteiger partial charge in [-0.1, -0.05) is 44.2 Å². The van der Waals surface area contributed by atoms with Crippen LogP contribution in [-0.4, -0.2) is 69.8 Å². The number of hydrogen-bond donors (Lipinski definition) is 3. The van der Waals surface area contributed by atoms with Crippen LogP contribution in [0.4, 0.5) is 27.5 Å². The number of likely N-dealkylation sites (N-methyl/N-ethyl adjacent to an activating group) is 1. The van der Waals surface area contributed by atoms with Crippen LogP contribution in [0.1, 0.15) is 25.8 Å². The Bertz CT molecular complexity index is 1460. The van der Waals surface area contributed by atoms with Gasteiger partial charge in [0.25, 0.3) is 5.91 Å². The number of nitrogens with zero attached hydrogens (tertiary/aromatic N) is 3. The summed E-state index contributed by atoms with van der Waals surface area (Å²) in [6, 6.07) is 20.5. The van der Waals surface area contributed by atoms with Gasteiger partial charge in [0.2, 0.25) is 5.91 Å². The molecule has 0 heterocycles. The molecule has 44 heavy (non-hydrogen) atoms. The molecular formula is C33H41N5O6. The first-order valence-electron chi connectivity index (χ1n) is 14.4. The number of hydrogen-bond acceptors (Lipinski definition) is 6. The maximum absolute atomic E-state index is 13.4. The molecule has 0 atom stereocenters. The number of carboxylic acids is 1. The Balaban J connectivity index is 1.69. The number of carbonyl (C=O) groups is 4. The lowest BCUT2D eigenvalue weighted by molar-refractivity contribution is -0.136. The highest BCUT2D eigenvalue weighted by Crippen LogP contribution is 2.29. The lowest BCUT2D eigenvalue weighted by Crippen LogP contribution is -2.42. The predicted molar refractivity (Wildman–Crippen MR) is 173 cm³/mol. The molecule has 0 fully saturated rings. The Kier molecular flexibility index (Phi) is 12.1. The Morgan fingerprint density at radius 2 is 1.57 bits per heavy atom. The first-order chi connectivity index (χ1) is 20.9. The summed E-state index contributed by atoms with van der Waals surface area (Å²) in [7, 11) is 5.54. The van der Waals surface area contributed by atoms with Crippen LogP contribution in [0, 0.1) is 5.92 Å². The molecule has 3 aromatic rings. The van der Waals surface area contributed by atoms with Gasteiger partial charge in [-0.05, 0) is 60.4 Å². The average Bonchev–Trinajstić information content (AvgIpc) is 2.98. The fourth-order valence-electron chi connectivity index (χ4n) is 4.29. The molecule has 0 aliphatic heterocycles. The minimum absolute atomic E-state index is 0.173. The summed E-state index contributed by atoms with van der Waals surface area (Å²) in [5.74, 6) is -0.926. The zero-order valence-corrected chi connectivity index (χ0v) is 25.9. The third kappa shape index (κ3) is 10.0. The van der Waals surface area contributed by atoms with Gasteiger partial charge in [0.1, 0.15) is 5.75 Å². The van der Waals surface area contributed by atoms with Crippen LogP contribution in [-0.2, 0) is 20.8 Å². The number of carbonyl (C=O) groups excluding carboxylic acids is 3. The van der Waals surface area contributed by atoms with E-state index >= 15 is 0 Å². The summed E-state index contributed by atoms with van der Waals surface area (Å²) in [4.78, 5) is 55.1. The van der Waals surface area contributed by atoms with Gasteiger partial charge in [-0.2, -0.15) is 0 Å². The standard InChI is InChI=1S/C33H41N5O6/c1-23(2)16-17-38(30(39)21-34-33(43)35-25-11-8-10-24(18-25)19-32(41)42)28-14-6-7-15-29(28)44-22-31(40)37(5)27-13-9-12-26(20-27)36(3)4/h6-15,18,20,23H,16-17,19,21-22H2,1-5H3,(H,41,42)(H2,34,35,43). The molecule has 0 radical (unpaired) electrons. The van der Waals surface area contributed by atoms with Crippen LogP contribution in [0.5, 0.6) is 5.75 Å². The predicted octanol–water partition coefficient (Wildman–Crippen LogP) is 4.62. The maximum Gasteiger partial charge on any atom is 0.319 e. The van der Waals surface area contributed by atoms with E-state index in [9.17, 15) is 19.2 Å². The minimum atomic E-state index is -0.978. The summed E-state index contributed by atoms with van der Waals surface area (Å²) in [5, 5.41) is 14.2. The molecule has 0 aliphatic carbocycles. The van der Waals surface area contributed by atoms with Crippen LogP contribution >= 0.6 is 0 Å². The van der Waals surface area contributed by atoms with E-state index < -0.39 is 12.0 Å². The zero-order valence-electron chi connectivity index (χ0n) is 25.9. The Morgan fingerprint density at radius 3 is 2.27 bits per heavy atom. The van der Waals surface area contributed by atoms with Gasteiger partial charge in [0.15, 0.2) is 6.61 Å². The second kappa shape index (κ2) is 16.0. The van der Waals surface area contributed by atoms with Crippen molar-refractivity contribution < 1.29 is 29.0 Å². The Morgan fingerprint density at radius 1 is 0.864 bits per heavy atom. The van der Waals surface area contributed by atoms with Crippen molar-refractivity contribution in [3.8, 4) is 5.75 Å². The lowest BCUT2D eigenvalue weighted by atomic mass is 10.1. The number of nitrogens with one attached hydrogen (secondary N) is 2. The molecule has 0 aromatic heterocycles. The van der Waals surface area contributed by atoms with E-state index in [0.29, 0.717) is 41.6 Å². The molecule has 0 aliphatic rings. The number of benzene rings is 3. The number of ether oxygens (including phenoxy) is 1. The van der Waals surface area contributed by atoms with Crippen molar-refractivity contribution in [2.75, 3.05) is 60.9 Å². The SMILES string of the molecule is CC(C)CCN(C(=O)CNC(=O)Nc1cccc(CC(=O)O)c1)c1ccccc1OCC(=O)N(C)c1cccc(N(C)C)c1. The quantitative estimate of drug-likeness (QED) is 0.245. The highest BCUT2D eigenvalue weighted by Gasteiger charge is 2.22. The molecule has 0 saturated heterocycles. The topological polar surface area (TPSA) is 132 Å². The van der Waals surface area contributed by atoms with Gasteiger partial charge >= 0.3 is 12.0 Å². The molecule has 11 heteroatoms. The Hall–Kier alpha value is -5.06. The van der Waals surface area contributed by atoms with Crippen LogP contribution in [0.15, 0.2) is 72.8 Å². The smallest absolute Gasteiger partial charge is 0.319 e. The highest BCUT2D eigenvalue weighted by atomic mass is 16.5. The van der Waals surface area contributed by atoms with E-state index in [4.69, 9.17) is 9.84 Å². The highest BCUT2D eigenvalue weighted by molar-refractivity contribution is 5.99. The van der Waals surface area contributed by atoms with Crippen LogP contribution in [0.25, 0.3) is 0 Å². The number of carboxylic acid groups (broad SMARTS) is 1. The van der Waals surface area contributed by atoms with Crippen molar-refractivity contribution in [2.24, 2.45) is 5.92 Å². The maximum atomic E-state index is 13.4. The molecule has 234 valence electrons. The minimum Gasteiger partial charge on any atom is -0.482 e. The number of urea groups is 1. The summed E-state index contributed by atoms with van der Waals surface area (Å²) in [5.41, 5.74) is 3.13. The van der Waals surface area contributed by atoms with E-state index in [1.54, 1.807) is 60.5 Å². The van der Waals surface area contributed by atoms with Gasteiger partial charge in [0.05, 0.1) is 18.7 Å². The lowest BCUT2D eigenvalue weighted by Gasteiger charge is -2.26. The fraction of sp³-hybridized carbons (Fsp3) is 0.333. The first-order valence-corrected chi connectivity index (χ1v) is 14.4. The van der Waals surface area contributed by atoms with Crippen molar-refractivity contribution in [3.63, 3.8) is 0 Å². The summed E-state index contributed by atoms with van der Waals surface area (Å²) >= 11 is 0. The summed E-state index contributed by atoms with van der Waals surface area (Å²) in [6.07, 6.45) is 0.528. The molecule has 0 bridgehead atoms. The molecule has 3 rings (SSSR count). The molecule has 0 saturated carbocycles. The monoisotopic (exact) mass is 603 g/mol. The van der Waals surface area contributed by atoms with Gasteiger partial charge in [-0.15, -0.1) is 0 Å². The number of para-hydroxylation sites is 2. The Labute approximate surface area is 258 Å². The van der Waals surface area contributed by atoms with Crippen molar-refractivity contribution in [1.82, 2.24) is 5.32 Å². The second-order valence-electron chi connectivity index (χ2n) is 10.9. The van der Waals surface area contributed by atoms with Crippen molar-refractivity contribution in [3.05, 3.63) is 78.4 Å². The van der Waals surface area contributed by atoms with Crippen LogP contribution in [0.2, 0.25) is 0 Å². The molecule has 3 N–H and O–H groups in total. The van der Waals surface area contributed by atoms with E-state index in [0.717, 1.165) is 11.4 Å². The number of rotatable bonds is 14. The molecule has 4 amide bonds. The third-order valence-electron chi connectivity index (χ3n) is 6.79. The van der Waals surface area contributed by atoms with Crippen LogP contribution < -0.4 is 30.1 Å². The van der Waals surface area contributed by atoms with Gasteiger partial charge in [-0.25, -0.2) is 4.79 Å². The van der Waals surface area contributed by atoms with Gasteiger partial charge in [-0.3, -0.25) is 14.4 Å². The van der Waals surface area contributed by atoms with E-state index in [1.165, 1.54) is 4.90 Å². The summed E-state index contributed by atoms with van der Waals surface area (Å²) in [6.45, 7) is 3.94. The zero-order chi connectivity index (χ0) is 32.2. The largest absolute Gasteiger partial charge is 0.482 e. The van der Waals surface area contributed by atoms with Crippen molar-refractivity contribution >= 4 is 46.6 Å². The molecule has 0 unspecified atom stereocenters. The number of aliphatic carboxylic acids is 1. The molecule has 3 aromatic carbocycles. The van der Waals surface area contributed by atoms with Crippen molar-refractivity contribution in [1.29, 1.82) is 0 Å². The first kappa shape index (κ1) is 33.4. The number of anilines is 4. The van der Waals surface area contributed by atoms with Crippen LogP contribution in [0.3, 0.4) is 0 Å². The van der Waals surface area contributed by atoms with E-state index in [2.05, 4.69) is 24.5 Å².